The second-order valence-electron chi connectivity index (χ2n) is 7.22. The molecule has 1 aromatic carbocycles. The minimum atomic E-state index is -0.295. The highest BCUT2D eigenvalue weighted by atomic mass is 32.2. The first kappa shape index (κ1) is 19.0. The van der Waals surface area contributed by atoms with E-state index >= 15 is 0 Å². The average molecular weight is 401 g/mol. The normalized spacial score (nSPS) is 16.8. The highest BCUT2D eigenvalue weighted by Gasteiger charge is 2.22. The van der Waals surface area contributed by atoms with E-state index in [4.69, 9.17) is 4.74 Å². The molecule has 0 spiro atoms. The Morgan fingerprint density at radius 2 is 2.07 bits per heavy atom. The molecule has 2 heterocycles. The summed E-state index contributed by atoms with van der Waals surface area (Å²) in [6.07, 6.45) is 3.06. The summed E-state index contributed by atoms with van der Waals surface area (Å²) in [5.74, 6) is 3.88. The molecule has 1 saturated carbocycles. The van der Waals surface area contributed by atoms with Crippen molar-refractivity contribution in [3.63, 3.8) is 0 Å². The lowest BCUT2D eigenvalue weighted by molar-refractivity contribution is -0.130. The molecule has 2 fully saturated rings. The lowest BCUT2D eigenvalue weighted by Crippen LogP contribution is -2.38. The number of aryl methyl sites for hydroxylation is 1. The monoisotopic (exact) mass is 400 g/mol. The van der Waals surface area contributed by atoms with E-state index < -0.39 is 0 Å². The van der Waals surface area contributed by atoms with Crippen LogP contribution in [0.25, 0.3) is 11.4 Å². The Bertz CT molecular complexity index is 891. The van der Waals surface area contributed by atoms with E-state index in [0.29, 0.717) is 23.9 Å². The minimum absolute atomic E-state index is 0.0751. The molecule has 1 aliphatic carbocycles. The first-order valence-electron chi connectivity index (χ1n) is 9.73. The number of aromatic amines is 1. The molecule has 4 rings (SSSR count). The van der Waals surface area contributed by atoms with Gasteiger partial charge in [0.2, 0.25) is 5.91 Å². The fourth-order valence-corrected chi connectivity index (χ4v) is 3.98. The number of aromatic nitrogens is 3. The molecule has 0 atom stereocenters. The highest BCUT2D eigenvalue weighted by molar-refractivity contribution is 7.99. The van der Waals surface area contributed by atoms with Gasteiger partial charge in [0, 0.05) is 43.0 Å². The number of carbonyl (C=O) groups excluding carboxylic acids is 1. The summed E-state index contributed by atoms with van der Waals surface area (Å²) in [5, 5.41) is 8.24. The summed E-state index contributed by atoms with van der Waals surface area (Å²) < 4.78 is 5.78. The third-order valence-corrected chi connectivity index (χ3v) is 5.94. The summed E-state index contributed by atoms with van der Waals surface area (Å²) in [6.45, 7) is 2.29. The van der Waals surface area contributed by atoms with E-state index in [-0.39, 0.29) is 17.9 Å². The van der Waals surface area contributed by atoms with Gasteiger partial charge in [0.05, 0.1) is 6.61 Å². The summed E-state index contributed by atoms with van der Waals surface area (Å²) in [5.41, 5.74) is 0.757. The quantitative estimate of drug-likeness (QED) is 0.766. The fourth-order valence-electron chi connectivity index (χ4n) is 3.08. The molecule has 7 nitrogen and oxygen atoms in total. The molecule has 148 valence electrons. The van der Waals surface area contributed by atoms with Crippen molar-refractivity contribution in [3.8, 4) is 17.1 Å². The zero-order chi connectivity index (χ0) is 19.3. The van der Waals surface area contributed by atoms with Gasteiger partial charge in [-0.15, -0.1) is 10.2 Å². The second-order valence-corrected chi connectivity index (χ2v) is 8.45. The van der Waals surface area contributed by atoms with Gasteiger partial charge in [-0.2, -0.15) is 11.8 Å². The van der Waals surface area contributed by atoms with Crippen molar-refractivity contribution in [2.75, 3.05) is 31.2 Å². The Morgan fingerprint density at radius 1 is 1.25 bits per heavy atom. The molecule has 2 aromatic rings. The molecular weight excluding hydrogens is 376 g/mol. The lowest BCUT2D eigenvalue weighted by Gasteiger charge is -2.26. The third kappa shape index (κ3) is 4.92. The van der Waals surface area contributed by atoms with Crippen molar-refractivity contribution in [2.45, 2.75) is 25.7 Å². The number of H-pyrrole nitrogens is 1. The van der Waals surface area contributed by atoms with Gasteiger partial charge in [0.1, 0.15) is 11.4 Å². The van der Waals surface area contributed by atoms with Gasteiger partial charge in [-0.05, 0) is 30.9 Å². The fraction of sp³-hybridized carbons (Fsp3) is 0.500. The maximum Gasteiger partial charge on any atom is 0.273 e. The van der Waals surface area contributed by atoms with Crippen molar-refractivity contribution in [1.82, 2.24) is 20.1 Å². The highest BCUT2D eigenvalue weighted by Crippen LogP contribution is 2.30. The number of amides is 1. The third-order valence-electron chi connectivity index (χ3n) is 4.99. The van der Waals surface area contributed by atoms with Gasteiger partial charge in [-0.3, -0.25) is 9.59 Å². The van der Waals surface area contributed by atoms with Gasteiger partial charge in [0.15, 0.2) is 5.82 Å². The number of nitrogens with zero attached hydrogens (tertiary/aromatic N) is 3. The van der Waals surface area contributed by atoms with Crippen molar-refractivity contribution in [2.24, 2.45) is 5.92 Å². The van der Waals surface area contributed by atoms with Crippen LogP contribution in [0.2, 0.25) is 0 Å². The van der Waals surface area contributed by atoms with Crippen LogP contribution in [0.3, 0.4) is 0 Å². The van der Waals surface area contributed by atoms with Crippen molar-refractivity contribution < 1.29 is 9.53 Å². The molecule has 1 aromatic heterocycles. The predicted octanol–water partition coefficient (Wildman–Crippen LogP) is 2.13. The number of hydrogen-bond acceptors (Lipinski definition) is 6. The molecule has 28 heavy (non-hydrogen) atoms. The minimum Gasteiger partial charge on any atom is -0.493 e. The Labute approximate surface area is 167 Å². The molecule has 1 saturated heterocycles. The van der Waals surface area contributed by atoms with Crippen LogP contribution in [0, 0.1) is 5.92 Å². The van der Waals surface area contributed by atoms with E-state index in [2.05, 4.69) is 15.2 Å². The smallest absolute Gasteiger partial charge is 0.273 e. The average Bonchev–Trinajstić information content (AvgIpc) is 3.56. The van der Waals surface area contributed by atoms with Crippen molar-refractivity contribution >= 4 is 17.7 Å². The van der Waals surface area contributed by atoms with Gasteiger partial charge < -0.3 is 14.6 Å². The first-order chi connectivity index (χ1) is 13.7. The number of benzene rings is 1. The number of carbonyl (C=O) groups is 1. The van der Waals surface area contributed by atoms with Crippen LogP contribution in [0.5, 0.6) is 5.75 Å². The molecule has 0 unspecified atom stereocenters. The number of nitrogens with one attached hydrogen (secondary N) is 1. The number of thioether (sulfide) groups is 1. The molecule has 2 aliphatic rings. The summed E-state index contributed by atoms with van der Waals surface area (Å²) in [4.78, 5) is 29.3. The first-order valence-corrected chi connectivity index (χ1v) is 10.9. The zero-order valence-electron chi connectivity index (χ0n) is 15.7. The van der Waals surface area contributed by atoms with Crippen LogP contribution in [-0.2, 0) is 11.2 Å². The lowest BCUT2D eigenvalue weighted by atomic mass is 10.2. The Morgan fingerprint density at radius 3 is 2.82 bits per heavy atom. The van der Waals surface area contributed by atoms with E-state index in [1.807, 2.05) is 40.9 Å². The maximum absolute atomic E-state index is 12.4. The Kier molecular flexibility index (Phi) is 5.95. The van der Waals surface area contributed by atoms with Crippen molar-refractivity contribution in [1.29, 1.82) is 0 Å². The molecule has 0 radical (unpaired) electrons. The Balaban J connectivity index is 1.39. The molecule has 1 aliphatic heterocycles. The van der Waals surface area contributed by atoms with E-state index in [1.54, 1.807) is 0 Å². The van der Waals surface area contributed by atoms with E-state index in [1.165, 1.54) is 12.8 Å². The molecule has 0 bridgehead atoms. The second kappa shape index (κ2) is 8.77. The van der Waals surface area contributed by atoms with Gasteiger partial charge in [-0.25, -0.2) is 0 Å². The predicted molar refractivity (Wildman–Crippen MR) is 109 cm³/mol. The van der Waals surface area contributed by atoms with Crippen LogP contribution in [0.1, 0.15) is 25.0 Å². The van der Waals surface area contributed by atoms with Crippen LogP contribution < -0.4 is 10.3 Å². The van der Waals surface area contributed by atoms with E-state index in [9.17, 15) is 9.59 Å². The SMILES string of the molecule is O=C(CCc1nnc(-c2cccc(OCC3CC3)c2)[nH]c1=O)N1CCSCC1. The number of ether oxygens (including phenoxy) is 1. The van der Waals surface area contributed by atoms with Crippen LogP contribution in [0.15, 0.2) is 29.1 Å². The largest absolute Gasteiger partial charge is 0.493 e. The standard InChI is InChI=1S/C20H24N4O3S/c25-18(24-8-10-28-11-9-24)7-6-17-20(26)21-19(23-22-17)15-2-1-3-16(12-15)27-13-14-4-5-14/h1-3,12,14H,4-11,13H2,(H,21,23,26). The van der Waals surface area contributed by atoms with Gasteiger partial charge in [-0.1, -0.05) is 12.1 Å². The summed E-state index contributed by atoms with van der Waals surface area (Å²) in [7, 11) is 0. The number of rotatable bonds is 7. The van der Waals surface area contributed by atoms with Crippen molar-refractivity contribution in [3.05, 3.63) is 40.3 Å². The zero-order valence-corrected chi connectivity index (χ0v) is 16.5. The molecule has 1 N–H and O–H groups in total. The van der Waals surface area contributed by atoms with E-state index in [0.717, 1.165) is 42.5 Å². The topological polar surface area (TPSA) is 88.2 Å². The van der Waals surface area contributed by atoms with Crippen LogP contribution in [-0.4, -0.2) is 57.2 Å². The summed E-state index contributed by atoms with van der Waals surface area (Å²) in [6, 6.07) is 7.50. The molecule has 8 heteroatoms. The van der Waals surface area contributed by atoms with Crippen LogP contribution >= 0.6 is 11.8 Å². The molecular formula is C20H24N4O3S. The Hall–Kier alpha value is -2.35. The maximum atomic E-state index is 12.4. The van der Waals surface area contributed by atoms with Gasteiger partial charge >= 0.3 is 0 Å². The number of hydrogen-bond donors (Lipinski definition) is 1. The van der Waals surface area contributed by atoms with Gasteiger partial charge in [0.25, 0.3) is 5.56 Å². The molecule has 1 amide bonds. The van der Waals surface area contributed by atoms with Crippen LogP contribution in [0.4, 0.5) is 0 Å². The summed E-state index contributed by atoms with van der Waals surface area (Å²) >= 11 is 1.86.